The largest absolute Gasteiger partial charge is 0.478 e. The van der Waals surface area contributed by atoms with E-state index in [1.807, 2.05) is 44.2 Å². The number of carbonyl (C=O) groups excluding carboxylic acids is 1. The highest BCUT2D eigenvalue weighted by Crippen LogP contribution is 2.39. The van der Waals surface area contributed by atoms with Crippen LogP contribution in [-0.4, -0.2) is 26.8 Å². The molecule has 2 heterocycles. The molecule has 1 amide bonds. The number of nitrogens with one attached hydrogen (secondary N) is 1. The number of hydrogen-bond acceptors (Lipinski definition) is 4. The van der Waals surface area contributed by atoms with E-state index in [-0.39, 0.29) is 16.1 Å². The molecule has 0 aliphatic rings. The Balaban J connectivity index is 1.76. The van der Waals surface area contributed by atoms with Crippen LogP contribution in [0.15, 0.2) is 60.0 Å². The SMILES string of the molecule is Cc1nn(-c2ccccc2)c(C)c1-c1csc(NC(=O)c2cccc(F)c2)c1C(=O)O. The number of thiophene rings is 1. The smallest absolute Gasteiger partial charge is 0.339 e. The zero-order valence-corrected chi connectivity index (χ0v) is 17.5. The van der Waals surface area contributed by atoms with Gasteiger partial charge in [-0.15, -0.1) is 11.3 Å². The number of carboxylic acid groups (broad SMARTS) is 1. The van der Waals surface area contributed by atoms with Crippen LogP contribution < -0.4 is 5.32 Å². The number of carboxylic acids is 1. The van der Waals surface area contributed by atoms with Crippen LogP contribution in [0.25, 0.3) is 16.8 Å². The molecule has 4 rings (SSSR count). The molecule has 6 nitrogen and oxygen atoms in total. The summed E-state index contributed by atoms with van der Waals surface area (Å²) in [7, 11) is 0. The number of aromatic carboxylic acids is 1. The van der Waals surface area contributed by atoms with Gasteiger partial charge in [-0.2, -0.15) is 5.10 Å². The minimum Gasteiger partial charge on any atom is -0.478 e. The Hall–Kier alpha value is -3.78. The molecule has 2 aromatic heterocycles. The average molecular weight is 435 g/mol. The summed E-state index contributed by atoms with van der Waals surface area (Å²) in [5.74, 6) is -2.29. The van der Waals surface area contributed by atoms with Crippen molar-refractivity contribution in [2.24, 2.45) is 0 Å². The molecular weight excluding hydrogens is 417 g/mol. The molecule has 0 atom stereocenters. The van der Waals surface area contributed by atoms with Crippen LogP contribution in [0.4, 0.5) is 9.39 Å². The molecule has 0 saturated heterocycles. The first kappa shape index (κ1) is 20.5. The van der Waals surface area contributed by atoms with Gasteiger partial charge >= 0.3 is 5.97 Å². The minimum atomic E-state index is -1.17. The van der Waals surface area contributed by atoms with E-state index in [4.69, 9.17) is 0 Å². The van der Waals surface area contributed by atoms with Crippen LogP contribution >= 0.6 is 11.3 Å². The highest BCUT2D eigenvalue weighted by molar-refractivity contribution is 7.15. The summed E-state index contributed by atoms with van der Waals surface area (Å²) >= 11 is 1.11. The van der Waals surface area contributed by atoms with E-state index in [9.17, 15) is 19.1 Å². The maximum Gasteiger partial charge on any atom is 0.339 e. The second kappa shape index (κ2) is 8.16. The molecule has 0 unspecified atom stereocenters. The predicted molar refractivity (Wildman–Crippen MR) is 118 cm³/mol. The van der Waals surface area contributed by atoms with Gasteiger partial charge in [-0.05, 0) is 44.2 Å². The second-order valence-electron chi connectivity index (χ2n) is 6.92. The zero-order chi connectivity index (χ0) is 22.1. The molecule has 2 N–H and O–H groups in total. The van der Waals surface area contributed by atoms with Crippen LogP contribution in [-0.2, 0) is 0 Å². The first-order valence-corrected chi connectivity index (χ1v) is 10.3. The molecule has 0 aliphatic carbocycles. The topological polar surface area (TPSA) is 84.2 Å². The van der Waals surface area contributed by atoms with Crippen molar-refractivity contribution in [1.82, 2.24) is 9.78 Å². The van der Waals surface area contributed by atoms with E-state index in [0.717, 1.165) is 28.8 Å². The number of para-hydroxylation sites is 1. The number of aryl methyl sites for hydroxylation is 1. The van der Waals surface area contributed by atoms with Gasteiger partial charge in [0.2, 0.25) is 0 Å². The summed E-state index contributed by atoms with van der Waals surface area (Å²) in [6, 6.07) is 14.8. The van der Waals surface area contributed by atoms with Crippen molar-refractivity contribution in [3.8, 4) is 16.8 Å². The standard InChI is InChI=1S/C23H18FN3O3S/c1-13-19(14(2)27(26-13)17-9-4-3-5-10-17)18-12-31-22(20(18)23(29)30)25-21(28)15-7-6-8-16(24)11-15/h3-12H,1-2H3,(H,25,28)(H,29,30). The molecule has 2 aromatic carbocycles. The van der Waals surface area contributed by atoms with Gasteiger partial charge in [0.05, 0.1) is 11.4 Å². The van der Waals surface area contributed by atoms with E-state index in [1.54, 1.807) is 10.1 Å². The van der Waals surface area contributed by atoms with E-state index >= 15 is 0 Å². The van der Waals surface area contributed by atoms with Crippen LogP contribution in [0, 0.1) is 19.7 Å². The van der Waals surface area contributed by atoms with E-state index in [2.05, 4.69) is 10.4 Å². The molecule has 156 valence electrons. The summed E-state index contributed by atoms with van der Waals surface area (Å²) in [6.45, 7) is 3.69. The number of benzene rings is 2. The fraction of sp³-hybridized carbons (Fsp3) is 0.0870. The first-order chi connectivity index (χ1) is 14.9. The fourth-order valence-electron chi connectivity index (χ4n) is 3.50. The number of rotatable bonds is 5. The Kier molecular flexibility index (Phi) is 5.39. The molecule has 4 aromatic rings. The zero-order valence-electron chi connectivity index (χ0n) is 16.7. The minimum absolute atomic E-state index is 0.0198. The number of nitrogens with zero attached hydrogens (tertiary/aromatic N) is 2. The third kappa shape index (κ3) is 3.85. The Bertz CT molecular complexity index is 1290. The summed E-state index contributed by atoms with van der Waals surface area (Å²) < 4.78 is 15.2. The summed E-state index contributed by atoms with van der Waals surface area (Å²) in [4.78, 5) is 24.6. The second-order valence-corrected chi connectivity index (χ2v) is 7.80. The molecule has 0 bridgehead atoms. The van der Waals surface area contributed by atoms with Gasteiger partial charge in [0.25, 0.3) is 5.91 Å². The fourth-order valence-corrected chi connectivity index (χ4v) is 4.44. The lowest BCUT2D eigenvalue weighted by Gasteiger charge is -2.07. The van der Waals surface area contributed by atoms with Crippen molar-refractivity contribution >= 4 is 28.2 Å². The monoisotopic (exact) mass is 435 g/mol. The third-order valence-corrected chi connectivity index (χ3v) is 5.78. The maximum atomic E-state index is 13.4. The van der Waals surface area contributed by atoms with Crippen molar-refractivity contribution in [1.29, 1.82) is 0 Å². The molecule has 0 radical (unpaired) electrons. The van der Waals surface area contributed by atoms with Gasteiger partial charge < -0.3 is 10.4 Å². The number of anilines is 1. The maximum absolute atomic E-state index is 13.4. The van der Waals surface area contributed by atoms with Crippen molar-refractivity contribution in [3.05, 3.63) is 88.3 Å². The van der Waals surface area contributed by atoms with Crippen LogP contribution in [0.2, 0.25) is 0 Å². The van der Waals surface area contributed by atoms with Crippen molar-refractivity contribution in [3.63, 3.8) is 0 Å². The normalized spacial score (nSPS) is 10.8. The molecule has 0 aliphatic heterocycles. The predicted octanol–water partition coefficient (Wildman–Crippen LogP) is 5.31. The highest BCUT2D eigenvalue weighted by atomic mass is 32.1. The molecule has 31 heavy (non-hydrogen) atoms. The summed E-state index contributed by atoms with van der Waals surface area (Å²) in [5.41, 5.74) is 3.58. The Labute approximate surface area is 181 Å². The number of halogens is 1. The van der Waals surface area contributed by atoms with E-state index < -0.39 is 17.7 Å². The highest BCUT2D eigenvalue weighted by Gasteiger charge is 2.26. The number of hydrogen-bond donors (Lipinski definition) is 2. The average Bonchev–Trinajstić information content (AvgIpc) is 3.28. The molecule has 0 spiro atoms. The third-order valence-electron chi connectivity index (χ3n) is 4.88. The Morgan fingerprint density at radius 2 is 1.84 bits per heavy atom. The lowest BCUT2D eigenvalue weighted by atomic mass is 10.0. The van der Waals surface area contributed by atoms with Gasteiger partial charge in [0.15, 0.2) is 0 Å². The molecule has 0 fully saturated rings. The number of aromatic nitrogens is 2. The van der Waals surface area contributed by atoms with Gasteiger partial charge in [0.1, 0.15) is 16.4 Å². The van der Waals surface area contributed by atoms with Gasteiger partial charge in [-0.3, -0.25) is 4.79 Å². The van der Waals surface area contributed by atoms with Crippen molar-refractivity contribution in [2.75, 3.05) is 5.32 Å². The molecule has 8 heteroatoms. The van der Waals surface area contributed by atoms with Gasteiger partial charge in [0, 0.05) is 27.8 Å². The van der Waals surface area contributed by atoms with Crippen molar-refractivity contribution < 1.29 is 19.1 Å². The summed E-state index contributed by atoms with van der Waals surface area (Å²) in [6.07, 6.45) is 0. The van der Waals surface area contributed by atoms with Crippen LogP contribution in [0.1, 0.15) is 32.1 Å². The first-order valence-electron chi connectivity index (χ1n) is 9.40. The lowest BCUT2D eigenvalue weighted by Crippen LogP contribution is -2.13. The Morgan fingerprint density at radius 1 is 1.10 bits per heavy atom. The number of amides is 1. The van der Waals surface area contributed by atoms with E-state index in [1.165, 1.54) is 18.2 Å². The molecular formula is C23H18FN3O3S. The number of carbonyl (C=O) groups is 2. The van der Waals surface area contributed by atoms with Gasteiger partial charge in [-0.1, -0.05) is 24.3 Å². The molecule has 0 saturated carbocycles. The Morgan fingerprint density at radius 3 is 2.52 bits per heavy atom. The van der Waals surface area contributed by atoms with Crippen molar-refractivity contribution in [2.45, 2.75) is 13.8 Å². The van der Waals surface area contributed by atoms with Gasteiger partial charge in [-0.25, -0.2) is 13.9 Å². The van der Waals surface area contributed by atoms with Crippen LogP contribution in [0.3, 0.4) is 0 Å². The van der Waals surface area contributed by atoms with E-state index in [0.29, 0.717) is 16.8 Å². The summed E-state index contributed by atoms with van der Waals surface area (Å²) in [5, 5.41) is 19.0. The van der Waals surface area contributed by atoms with Crippen LogP contribution in [0.5, 0.6) is 0 Å². The quantitative estimate of drug-likeness (QED) is 0.445. The lowest BCUT2D eigenvalue weighted by molar-refractivity contribution is 0.0699.